The smallest absolute Gasteiger partial charge is 0.308 e. The van der Waals surface area contributed by atoms with Crippen molar-refractivity contribution in [3.8, 4) is 0 Å². The minimum Gasteiger partial charge on any atom is -0.308 e. The number of benzene rings is 1. The largest absolute Gasteiger partial charge is 0.328 e. The first-order chi connectivity index (χ1) is 11.9. The van der Waals surface area contributed by atoms with E-state index in [9.17, 15) is 9.59 Å². The van der Waals surface area contributed by atoms with E-state index in [0.717, 1.165) is 11.7 Å². The van der Waals surface area contributed by atoms with Gasteiger partial charge in [-0.25, -0.2) is 9.79 Å². The van der Waals surface area contributed by atoms with E-state index in [0.29, 0.717) is 0 Å². The summed E-state index contributed by atoms with van der Waals surface area (Å²) in [4.78, 5) is 36.4. The lowest BCUT2D eigenvalue weighted by molar-refractivity contribution is -0.135. The van der Waals surface area contributed by atoms with Crippen molar-refractivity contribution in [3.05, 3.63) is 47.8 Å². The number of rotatable bonds is 2. The number of hydrogen-bond donors (Lipinski definition) is 0. The Balaban J connectivity index is 1.72. The molecule has 130 valence electrons. The van der Waals surface area contributed by atoms with Crippen LogP contribution in [0.3, 0.4) is 0 Å². The van der Waals surface area contributed by atoms with E-state index < -0.39 is 12.2 Å². The highest BCUT2D eigenvalue weighted by Gasteiger charge is 2.53. The number of hydrogen-bond acceptors (Lipinski definition) is 5. The molecule has 0 spiro atoms. The van der Waals surface area contributed by atoms with Crippen LogP contribution in [-0.2, 0) is 4.79 Å². The molecule has 3 heterocycles. The molecule has 4 rings (SSSR count). The van der Waals surface area contributed by atoms with Crippen LogP contribution in [0.1, 0.15) is 25.5 Å². The van der Waals surface area contributed by atoms with Gasteiger partial charge in [0.1, 0.15) is 0 Å². The number of allylic oxidation sites excluding steroid dienone is 1. The van der Waals surface area contributed by atoms with Crippen molar-refractivity contribution >= 4 is 17.9 Å². The van der Waals surface area contributed by atoms with Crippen LogP contribution in [0.2, 0.25) is 0 Å². The van der Waals surface area contributed by atoms with E-state index in [-0.39, 0.29) is 18.0 Å². The Morgan fingerprint density at radius 2 is 1.80 bits per heavy atom. The Morgan fingerprint density at radius 1 is 1.12 bits per heavy atom. The second-order valence-electron chi connectivity index (χ2n) is 6.71. The molecule has 0 saturated carbocycles. The molecule has 1 fully saturated rings. The topological polar surface area (TPSA) is 59.5 Å². The van der Waals surface area contributed by atoms with Crippen LogP contribution in [0.5, 0.6) is 0 Å². The van der Waals surface area contributed by atoms with Crippen molar-refractivity contribution in [2.75, 3.05) is 14.1 Å². The first-order valence-corrected chi connectivity index (χ1v) is 8.35. The Hall–Kier alpha value is -2.83. The molecule has 1 aromatic carbocycles. The summed E-state index contributed by atoms with van der Waals surface area (Å²) in [6, 6.07) is 9.45. The molecule has 3 aliphatic heterocycles. The number of aliphatic imine (C=N–C) groups is 1. The van der Waals surface area contributed by atoms with Crippen LogP contribution >= 0.6 is 0 Å². The SMILES string of the molecule is CC1=CN2C(=NC3C2C(=O)N(C)C(=O)N3C)N1C(C)c1ccccc1. The zero-order chi connectivity index (χ0) is 17.9. The van der Waals surface area contributed by atoms with Gasteiger partial charge in [0, 0.05) is 26.0 Å². The lowest BCUT2D eigenvalue weighted by atomic mass is 10.1. The summed E-state index contributed by atoms with van der Waals surface area (Å²) in [7, 11) is 3.21. The Bertz CT molecular complexity index is 803. The zero-order valence-corrected chi connectivity index (χ0v) is 14.7. The molecule has 0 N–H and O–H groups in total. The third kappa shape index (κ3) is 2.08. The van der Waals surface area contributed by atoms with Crippen molar-refractivity contribution in [2.45, 2.75) is 32.1 Å². The van der Waals surface area contributed by atoms with Gasteiger partial charge in [-0.3, -0.25) is 9.69 Å². The quantitative estimate of drug-likeness (QED) is 0.825. The Kier molecular flexibility index (Phi) is 3.35. The van der Waals surface area contributed by atoms with E-state index in [1.807, 2.05) is 36.2 Å². The third-order valence-corrected chi connectivity index (χ3v) is 5.22. The molecule has 25 heavy (non-hydrogen) atoms. The molecule has 7 heteroatoms. The molecule has 3 unspecified atom stereocenters. The Labute approximate surface area is 146 Å². The lowest BCUT2D eigenvalue weighted by Gasteiger charge is -2.38. The van der Waals surface area contributed by atoms with Gasteiger partial charge in [-0.15, -0.1) is 0 Å². The van der Waals surface area contributed by atoms with E-state index in [4.69, 9.17) is 4.99 Å². The van der Waals surface area contributed by atoms with Crippen LogP contribution in [0.25, 0.3) is 0 Å². The fourth-order valence-electron chi connectivity index (χ4n) is 3.82. The second kappa shape index (κ2) is 5.34. The van der Waals surface area contributed by atoms with Crippen molar-refractivity contribution in [3.63, 3.8) is 0 Å². The number of fused-ring (bicyclic) bond motifs is 3. The van der Waals surface area contributed by atoms with Gasteiger partial charge in [-0.1, -0.05) is 30.3 Å². The van der Waals surface area contributed by atoms with Crippen molar-refractivity contribution in [1.29, 1.82) is 0 Å². The van der Waals surface area contributed by atoms with E-state index in [2.05, 4.69) is 24.0 Å². The van der Waals surface area contributed by atoms with Gasteiger partial charge >= 0.3 is 6.03 Å². The van der Waals surface area contributed by atoms with Crippen LogP contribution < -0.4 is 0 Å². The number of nitrogens with zero attached hydrogens (tertiary/aromatic N) is 5. The number of likely N-dealkylation sites (N-methyl/N-ethyl adjacent to an activating group) is 2. The van der Waals surface area contributed by atoms with Crippen molar-refractivity contribution in [2.24, 2.45) is 4.99 Å². The van der Waals surface area contributed by atoms with E-state index in [1.165, 1.54) is 22.4 Å². The minimum atomic E-state index is -0.495. The minimum absolute atomic E-state index is 0.0789. The highest BCUT2D eigenvalue weighted by molar-refractivity contribution is 6.04. The summed E-state index contributed by atoms with van der Waals surface area (Å²) >= 11 is 0. The standard InChI is InChI=1S/C18H21N5O2/c1-11-10-22-14-15(20(3)18(25)21(4)16(14)24)19-17(22)23(11)12(2)13-8-6-5-7-9-13/h5-10,12,14-15H,1-4H3. The highest BCUT2D eigenvalue weighted by Crippen LogP contribution is 2.37. The highest BCUT2D eigenvalue weighted by atomic mass is 16.2. The molecule has 7 nitrogen and oxygen atoms in total. The molecule has 0 bridgehead atoms. The predicted molar refractivity (Wildman–Crippen MR) is 93.2 cm³/mol. The van der Waals surface area contributed by atoms with Crippen LogP contribution in [0.4, 0.5) is 4.79 Å². The van der Waals surface area contributed by atoms with Gasteiger partial charge < -0.3 is 14.7 Å². The summed E-state index contributed by atoms with van der Waals surface area (Å²) in [5, 5.41) is 0. The fraction of sp³-hybridized carbons (Fsp3) is 0.389. The monoisotopic (exact) mass is 339 g/mol. The molecular formula is C18H21N5O2. The molecule has 0 aromatic heterocycles. The lowest BCUT2D eigenvalue weighted by Crippen LogP contribution is -2.63. The maximum absolute atomic E-state index is 12.7. The molecule has 1 saturated heterocycles. The molecule has 1 aromatic rings. The maximum Gasteiger partial charge on any atom is 0.328 e. The van der Waals surface area contributed by atoms with E-state index in [1.54, 1.807) is 7.05 Å². The number of urea groups is 1. The predicted octanol–water partition coefficient (Wildman–Crippen LogP) is 1.81. The molecule has 3 aliphatic rings. The first-order valence-electron chi connectivity index (χ1n) is 8.35. The molecule has 3 amide bonds. The van der Waals surface area contributed by atoms with Crippen molar-refractivity contribution < 1.29 is 9.59 Å². The zero-order valence-electron chi connectivity index (χ0n) is 14.7. The van der Waals surface area contributed by atoms with Gasteiger partial charge in [-0.2, -0.15) is 0 Å². The average molecular weight is 339 g/mol. The number of imide groups is 1. The summed E-state index contributed by atoms with van der Waals surface area (Å²) in [5.41, 5.74) is 2.20. The van der Waals surface area contributed by atoms with Gasteiger partial charge in [0.25, 0.3) is 5.91 Å². The number of guanidine groups is 1. The van der Waals surface area contributed by atoms with Gasteiger partial charge in [-0.05, 0) is 19.4 Å². The average Bonchev–Trinajstić information content (AvgIpc) is 3.13. The molecule has 3 atom stereocenters. The first kappa shape index (κ1) is 15.7. The molecular weight excluding hydrogens is 318 g/mol. The van der Waals surface area contributed by atoms with Crippen LogP contribution in [0, 0.1) is 0 Å². The fourth-order valence-corrected chi connectivity index (χ4v) is 3.82. The van der Waals surface area contributed by atoms with Crippen LogP contribution in [0.15, 0.2) is 47.2 Å². The summed E-state index contributed by atoms with van der Waals surface area (Å²) in [5.74, 6) is 0.511. The number of carbonyl (C=O) groups is 2. The van der Waals surface area contributed by atoms with E-state index >= 15 is 0 Å². The van der Waals surface area contributed by atoms with Gasteiger partial charge in [0.05, 0.1) is 6.04 Å². The van der Waals surface area contributed by atoms with Crippen LogP contribution in [-0.4, -0.2) is 63.8 Å². The normalized spacial score (nSPS) is 26.6. The Morgan fingerprint density at radius 3 is 2.48 bits per heavy atom. The number of amides is 3. The summed E-state index contributed by atoms with van der Waals surface area (Å²) in [6.45, 7) is 4.13. The van der Waals surface area contributed by atoms with Gasteiger partial charge in [0.2, 0.25) is 5.96 Å². The third-order valence-electron chi connectivity index (χ3n) is 5.22. The number of carbonyl (C=O) groups excluding carboxylic acids is 2. The second-order valence-corrected chi connectivity index (χ2v) is 6.71. The summed E-state index contributed by atoms with van der Waals surface area (Å²) < 4.78 is 0. The molecule has 0 radical (unpaired) electrons. The van der Waals surface area contributed by atoms with Crippen molar-refractivity contribution in [1.82, 2.24) is 19.6 Å². The van der Waals surface area contributed by atoms with Gasteiger partial charge in [0.15, 0.2) is 12.2 Å². The molecule has 0 aliphatic carbocycles. The maximum atomic E-state index is 12.7. The summed E-state index contributed by atoms with van der Waals surface area (Å²) in [6.07, 6.45) is 1.47.